The van der Waals surface area contributed by atoms with Crippen molar-refractivity contribution in [1.82, 2.24) is 4.90 Å². The second-order valence-electron chi connectivity index (χ2n) is 4.88. The Morgan fingerprint density at radius 2 is 2.00 bits per heavy atom. The molecule has 0 aliphatic carbocycles. The zero-order chi connectivity index (χ0) is 14.1. The maximum absolute atomic E-state index is 11.7. The first-order valence-corrected chi connectivity index (χ1v) is 6.77. The number of nitrogens with two attached hydrogens (primary N) is 1. The summed E-state index contributed by atoms with van der Waals surface area (Å²) in [7, 11) is 0. The van der Waals surface area contributed by atoms with Gasteiger partial charge >= 0.3 is 5.97 Å². The topological polar surface area (TPSA) is 55.6 Å². The molecule has 4 heteroatoms. The Kier molecular flexibility index (Phi) is 7.15. The molecule has 0 amide bonds. The summed E-state index contributed by atoms with van der Waals surface area (Å²) in [6, 6.07) is 10.1. The van der Waals surface area contributed by atoms with Gasteiger partial charge in [-0.1, -0.05) is 30.3 Å². The Balaban J connectivity index is 2.53. The monoisotopic (exact) mass is 264 g/mol. The van der Waals surface area contributed by atoms with Gasteiger partial charge in [0, 0.05) is 13.1 Å². The van der Waals surface area contributed by atoms with Crippen LogP contribution in [0.5, 0.6) is 0 Å². The third-order valence-corrected chi connectivity index (χ3v) is 2.65. The molecule has 0 aliphatic rings. The second-order valence-corrected chi connectivity index (χ2v) is 4.88. The Morgan fingerprint density at radius 1 is 1.32 bits per heavy atom. The first-order chi connectivity index (χ1) is 9.11. The highest BCUT2D eigenvalue weighted by Crippen LogP contribution is 2.05. The third-order valence-electron chi connectivity index (χ3n) is 2.65. The van der Waals surface area contributed by atoms with Crippen LogP contribution >= 0.6 is 0 Å². The van der Waals surface area contributed by atoms with Gasteiger partial charge in [-0.15, -0.1) is 0 Å². The Labute approximate surface area is 115 Å². The quantitative estimate of drug-likeness (QED) is 0.727. The molecule has 106 valence electrons. The highest BCUT2D eigenvalue weighted by molar-refractivity contribution is 5.71. The normalized spacial score (nSPS) is 11.0. The molecule has 19 heavy (non-hydrogen) atoms. The van der Waals surface area contributed by atoms with E-state index in [0.29, 0.717) is 13.1 Å². The van der Waals surface area contributed by atoms with Crippen LogP contribution in [0.1, 0.15) is 25.8 Å². The fourth-order valence-corrected chi connectivity index (χ4v) is 1.85. The molecule has 0 unspecified atom stereocenters. The van der Waals surface area contributed by atoms with Gasteiger partial charge in [0.15, 0.2) is 0 Å². The summed E-state index contributed by atoms with van der Waals surface area (Å²) in [5.41, 5.74) is 6.73. The molecule has 0 atom stereocenters. The van der Waals surface area contributed by atoms with Crippen LogP contribution in [0.25, 0.3) is 0 Å². The molecule has 0 heterocycles. The van der Waals surface area contributed by atoms with E-state index in [2.05, 4.69) is 17.0 Å². The number of carbonyl (C=O) groups is 1. The lowest BCUT2D eigenvalue weighted by molar-refractivity contribution is -0.148. The van der Waals surface area contributed by atoms with Gasteiger partial charge in [-0.25, -0.2) is 0 Å². The number of hydrogen-bond acceptors (Lipinski definition) is 4. The van der Waals surface area contributed by atoms with E-state index in [1.807, 2.05) is 32.0 Å². The first-order valence-electron chi connectivity index (χ1n) is 6.77. The number of carbonyl (C=O) groups excluding carboxylic acids is 1. The number of rotatable bonds is 8. The average Bonchev–Trinajstić information content (AvgIpc) is 2.36. The van der Waals surface area contributed by atoms with Crippen molar-refractivity contribution in [2.24, 2.45) is 5.73 Å². The molecule has 0 aliphatic heterocycles. The fourth-order valence-electron chi connectivity index (χ4n) is 1.85. The van der Waals surface area contributed by atoms with Gasteiger partial charge in [-0.2, -0.15) is 0 Å². The number of hydrogen-bond donors (Lipinski definition) is 1. The van der Waals surface area contributed by atoms with Crippen LogP contribution in [-0.2, 0) is 16.1 Å². The van der Waals surface area contributed by atoms with Crippen LogP contribution in [0, 0.1) is 0 Å². The highest BCUT2D eigenvalue weighted by atomic mass is 16.5. The second kappa shape index (κ2) is 8.67. The van der Waals surface area contributed by atoms with Crippen molar-refractivity contribution >= 4 is 5.97 Å². The predicted octanol–water partition coefficient (Wildman–Crippen LogP) is 1.79. The van der Waals surface area contributed by atoms with Crippen molar-refractivity contribution in [2.45, 2.75) is 32.9 Å². The van der Waals surface area contributed by atoms with Gasteiger partial charge in [-0.05, 0) is 32.4 Å². The first kappa shape index (κ1) is 15.7. The molecule has 2 N–H and O–H groups in total. The van der Waals surface area contributed by atoms with Crippen LogP contribution < -0.4 is 5.73 Å². The van der Waals surface area contributed by atoms with Crippen molar-refractivity contribution in [3.63, 3.8) is 0 Å². The minimum absolute atomic E-state index is 0.0689. The van der Waals surface area contributed by atoms with E-state index >= 15 is 0 Å². The van der Waals surface area contributed by atoms with E-state index < -0.39 is 0 Å². The standard InChI is InChI=1S/C15H24N2O2/c1-13(2)19-15(18)12-17(10-6-9-16)11-14-7-4-3-5-8-14/h3-5,7-8,13H,6,9-12,16H2,1-2H3. The molecular weight excluding hydrogens is 240 g/mol. The summed E-state index contributed by atoms with van der Waals surface area (Å²) in [5, 5.41) is 0. The molecule has 0 saturated heterocycles. The maximum atomic E-state index is 11.7. The highest BCUT2D eigenvalue weighted by Gasteiger charge is 2.13. The number of esters is 1. The summed E-state index contributed by atoms with van der Waals surface area (Å²) in [6.45, 7) is 6.21. The Hall–Kier alpha value is -1.39. The minimum atomic E-state index is -0.178. The molecular formula is C15H24N2O2. The van der Waals surface area contributed by atoms with Crippen molar-refractivity contribution in [3.05, 3.63) is 35.9 Å². The fraction of sp³-hybridized carbons (Fsp3) is 0.533. The largest absolute Gasteiger partial charge is 0.462 e. The third kappa shape index (κ3) is 6.94. The van der Waals surface area contributed by atoms with Crippen LogP contribution in [0.3, 0.4) is 0 Å². The van der Waals surface area contributed by atoms with Gasteiger partial charge in [0.05, 0.1) is 12.6 Å². The van der Waals surface area contributed by atoms with Gasteiger partial charge < -0.3 is 10.5 Å². The molecule has 0 spiro atoms. The minimum Gasteiger partial charge on any atom is -0.462 e. The van der Waals surface area contributed by atoms with E-state index in [-0.39, 0.29) is 12.1 Å². The zero-order valence-corrected chi connectivity index (χ0v) is 11.8. The molecule has 1 aromatic rings. The predicted molar refractivity (Wildman–Crippen MR) is 76.6 cm³/mol. The smallest absolute Gasteiger partial charge is 0.320 e. The lowest BCUT2D eigenvalue weighted by atomic mass is 10.2. The van der Waals surface area contributed by atoms with Crippen LogP contribution in [0.15, 0.2) is 30.3 Å². The van der Waals surface area contributed by atoms with Gasteiger partial charge in [0.1, 0.15) is 0 Å². The van der Waals surface area contributed by atoms with Crippen LogP contribution in [-0.4, -0.2) is 36.6 Å². The van der Waals surface area contributed by atoms with E-state index in [9.17, 15) is 4.79 Å². The molecule has 0 radical (unpaired) electrons. The van der Waals surface area contributed by atoms with Gasteiger partial charge in [0.2, 0.25) is 0 Å². The van der Waals surface area contributed by atoms with Crippen LogP contribution in [0.2, 0.25) is 0 Å². The van der Waals surface area contributed by atoms with Gasteiger partial charge in [-0.3, -0.25) is 9.69 Å². The average molecular weight is 264 g/mol. The van der Waals surface area contributed by atoms with Crippen molar-refractivity contribution in [2.75, 3.05) is 19.6 Å². The summed E-state index contributed by atoms with van der Waals surface area (Å²) < 4.78 is 5.19. The van der Waals surface area contributed by atoms with Crippen molar-refractivity contribution in [1.29, 1.82) is 0 Å². The molecule has 1 rings (SSSR count). The lowest BCUT2D eigenvalue weighted by Crippen LogP contribution is -2.33. The number of nitrogens with zero attached hydrogens (tertiary/aromatic N) is 1. The molecule has 0 bridgehead atoms. The van der Waals surface area contributed by atoms with Gasteiger partial charge in [0.25, 0.3) is 0 Å². The maximum Gasteiger partial charge on any atom is 0.320 e. The van der Waals surface area contributed by atoms with E-state index in [1.54, 1.807) is 0 Å². The lowest BCUT2D eigenvalue weighted by Gasteiger charge is -2.21. The molecule has 0 fully saturated rings. The molecule has 1 aromatic carbocycles. The summed E-state index contributed by atoms with van der Waals surface area (Å²) in [6.07, 6.45) is 0.808. The number of benzene rings is 1. The summed E-state index contributed by atoms with van der Waals surface area (Å²) in [5.74, 6) is -0.178. The van der Waals surface area contributed by atoms with E-state index in [0.717, 1.165) is 19.5 Å². The Morgan fingerprint density at radius 3 is 2.58 bits per heavy atom. The van der Waals surface area contributed by atoms with Crippen LogP contribution in [0.4, 0.5) is 0 Å². The summed E-state index contributed by atoms with van der Waals surface area (Å²) in [4.78, 5) is 13.8. The Bertz CT molecular complexity index is 366. The summed E-state index contributed by atoms with van der Waals surface area (Å²) >= 11 is 0. The SMILES string of the molecule is CC(C)OC(=O)CN(CCCN)Cc1ccccc1. The number of ether oxygens (including phenoxy) is 1. The van der Waals surface area contributed by atoms with Crippen molar-refractivity contribution < 1.29 is 9.53 Å². The molecule has 4 nitrogen and oxygen atoms in total. The van der Waals surface area contributed by atoms with E-state index in [4.69, 9.17) is 10.5 Å². The van der Waals surface area contributed by atoms with Crippen molar-refractivity contribution in [3.8, 4) is 0 Å². The zero-order valence-electron chi connectivity index (χ0n) is 11.8. The molecule has 0 saturated carbocycles. The molecule has 0 aromatic heterocycles. The van der Waals surface area contributed by atoms with E-state index in [1.165, 1.54) is 5.56 Å².